The molecule has 0 heterocycles. The highest BCUT2D eigenvalue weighted by atomic mass is 127. The van der Waals surface area contributed by atoms with Gasteiger partial charge in [-0.3, -0.25) is 0 Å². The van der Waals surface area contributed by atoms with Gasteiger partial charge < -0.3 is 10.5 Å². The predicted octanol–water partition coefficient (Wildman–Crippen LogP) is 3.76. The van der Waals surface area contributed by atoms with Gasteiger partial charge in [-0.15, -0.1) is 0 Å². The van der Waals surface area contributed by atoms with E-state index in [1.807, 2.05) is 32.9 Å². The highest BCUT2D eigenvalue weighted by Crippen LogP contribution is 2.24. The first-order chi connectivity index (χ1) is 8.60. The quantitative estimate of drug-likeness (QED) is 0.647. The molecule has 0 aliphatic rings. The second-order valence-corrected chi connectivity index (χ2v) is 7.23. The van der Waals surface area contributed by atoms with Crippen LogP contribution in [0.25, 0.3) is 0 Å². The van der Waals surface area contributed by atoms with Gasteiger partial charge in [-0.05, 0) is 72.5 Å². The van der Waals surface area contributed by atoms with Crippen LogP contribution in [-0.2, 0) is 9.53 Å². The normalized spacial score (nSPS) is 13.5. The minimum absolute atomic E-state index is 0.385. The molecule has 0 bridgehead atoms. The van der Waals surface area contributed by atoms with Gasteiger partial charge in [-0.25, -0.2) is 4.79 Å². The zero-order valence-electron chi connectivity index (χ0n) is 12.2. The molecule has 0 fully saturated rings. The van der Waals surface area contributed by atoms with Crippen LogP contribution < -0.4 is 5.73 Å². The average molecular weight is 375 g/mol. The van der Waals surface area contributed by atoms with Crippen molar-refractivity contribution in [3.8, 4) is 0 Å². The van der Waals surface area contributed by atoms with Gasteiger partial charge in [-0.1, -0.05) is 19.9 Å². The molecule has 0 radical (unpaired) electrons. The van der Waals surface area contributed by atoms with Crippen molar-refractivity contribution in [3.05, 3.63) is 32.9 Å². The Bertz CT molecular complexity index is 464. The first-order valence-electron chi connectivity index (χ1n) is 6.39. The average Bonchev–Trinajstić information content (AvgIpc) is 2.24. The highest BCUT2D eigenvalue weighted by Gasteiger charge is 2.24. The van der Waals surface area contributed by atoms with Crippen molar-refractivity contribution in [2.24, 2.45) is 5.73 Å². The number of hydrogen-bond acceptors (Lipinski definition) is 3. The first kappa shape index (κ1) is 16.4. The maximum absolute atomic E-state index is 12.0. The van der Waals surface area contributed by atoms with Crippen LogP contribution in [0.4, 0.5) is 0 Å². The molecular formula is C15H22INO2. The largest absolute Gasteiger partial charge is 0.459 e. The van der Waals surface area contributed by atoms with Crippen LogP contribution in [0.5, 0.6) is 0 Å². The van der Waals surface area contributed by atoms with E-state index in [1.165, 1.54) is 5.56 Å². The molecule has 0 aromatic heterocycles. The minimum Gasteiger partial charge on any atom is -0.459 e. The Balaban J connectivity index is 2.99. The van der Waals surface area contributed by atoms with Gasteiger partial charge in [0.1, 0.15) is 11.6 Å². The molecule has 2 N–H and O–H groups in total. The number of ether oxygens (including phenoxy) is 1. The van der Waals surface area contributed by atoms with Crippen LogP contribution in [0, 0.1) is 3.57 Å². The van der Waals surface area contributed by atoms with Gasteiger partial charge in [0.25, 0.3) is 0 Å². The van der Waals surface area contributed by atoms with E-state index in [0.717, 1.165) is 9.13 Å². The molecule has 0 spiro atoms. The van der Waals surface area contributed by atoms with Crippen LogP contribution >= 0.6 is 22.6 Å². The topological polar surface area (TPSA) is 52.3 Å². The van der Waals surface area contributed by atoms with Crippen molar-refractivity contribution >= 4 is 28.6 Å². The molecule has 1 aromatic rings. The van der Waals surface area contributed by atoms with Gasteiger partial charge in [0, 0.05) is 3.57 Å². The third-order valence-corrected chi connectivity index (χ3v) is 3.25. The van der Waals surface area contributed by atoms with E-state index >= 15 is 0 Å². The Morgan fingerprint density at radius 3 is 2.21 bits per heavy atom. The molecule has 0 aliphatic heterocycles. The van der Waals surface area contributed by atoms with E-state index in [-0.39, 0.29) is 5.97 Å². The molecule has 0 saturated heterocycles. The molecular weight excluding hydrogens is 353 g/mol. The molecule has 1 atom stereocenters. The standard InChI is InChI=1S/C15H22INO2/c1-9(2)10-6-11(8-12(16)7-10)13(17)14(18)19-15(3,4)5/h6-9,13H,17H2,1-5H3. The Morgan fingerprint density at radius 2 is 1.74 bits per heavy atom. The van der Waals surface area contributed by atoms with Crippen LogP contribution in [-0.4, -0.2) is 11.6 Å². The molecule has 0 saturated carbocycles. The summed E-state index contributed by atoms with van der Waals surface area (Å²) in [5, 5.41) is 0. The fraction of sp³-hybridized carbons (Fsp3) is 0.533. The van der Waals surface area contributed by atoms with Crippen molar-refractivity contribution in [1.29, 1.82) is 0 Å². The van der Waals surface area contributed by atoms with Crippen LogP contribution in [0.1, 0.15) is 57.7 Å². The van der Waals surface area contributed by atoms with Crippen LogP contribution in [0.15, 0.2) is 18.2 Å². The van der Waals surface area contributed by atoms with Crippen LogP contribution in [0.2, 0.25) is 0 Å². The third-order valence-electron chi connectivity index (χ3n) is 2.63. The number of carbonyl (C=O) groups is 1. The third kappa shape index (κ3) is 5.10. The van der Waals surface area contributed by atoms with Crippen molar-refractivity contribution in [2.75, 3.05) is 0 Å². The lowest BCUT2D eigenvalue weighted by atomic mass is 9.98. The van der Waals surface area contributed by atoms with Crippen molar-refractivity contribution in [1.82, 2.24) is 0 Å². The fourth-order valence-electron chi connectivity index (χ4n) is 1.65. The summed E-state index contributed by atoms with van der Waals surface area (Å²) < 4.78 is 6.41. The van der Waals surface area contributed by atoms with Gasteiger partial charge >= 0.3 is 5.97 Å². The Morgan fingerprint density at radius 1 is 1.21 bits per heavy atom. The Kier molecular flexibility index (Phi) is 5.38. The summed E-state index contributed by atoms with van der Waals surface area (Å²) in [6.45, 7) is 9.76. The zero-order valence-corrected chi connectivity index (χ0v) is 14.3. The van der Waals surface area contributed by atoms with Gasteiger partial charge in [-0.2, -0.15) is 0 Å². The molecule has 106 valence electrons. The summed E-state index contributed by atoms with van der Waals surface area (Å²) in [5.74, 6) is 0.0171. The zero-order chi connectivity index (χ0) is 14.8. The molecule has 3 nitrogen and oxygen atoms in total. The maximum Gasteiger partial charge on any atom is 0.328 e. The molecule has 0 aliphatic carbocycles. The number of carbonyl (C=O) groups excluding carboxylic acids is 1. The number of esters is 1. The number of halogens is 1. The minimum atomic E-state index is -0.730. The van der Waals surface area contributed by atoms with E-state index in [4.69, 9.17) is 10.5 Å². The molecule has 1 rings (SSSR count). The molecule has 1 aromatic carbocycles. The lowest BCUT2D eigenvalue weighted by molar-refractivity contribution is -0.156. The van der Waals surface area contributed by atoms with Crippen LogP contribution in [0.3, 0.4) is 0 Å². The number of hydrogen-bond donors (Lipinski definition) is 1. The fourth-order valence-corrected chi connectivity index (χ4v) is 2.37. The van der Waals surface area contributed by atoms with E-state index in [0.29, 0.717) is 5.92 Å². The summed E-state index contributed by atoms with van der Waals surface area (Å²) >= 11 is 2.24. The predicted molar refractivity (Wildman–Crippen MR) is 86.0 cm³/mol. The Labute approximate surface area is 129 Å². The van der Waals surface area contributed by atoms with E-state index in [2.05, 4.69) is 42.5 Å². The van der Waals surface area contributed by atoms with Gasteiger partial charge in [0.2, 0.25) is 0 Å². The second kappa shape index (κ2) is 6.22. The Hall–Kier alpha value is -0.620. The summed E-state index contributed by atoms with van der Waals surface area (Å²) in [7, 11) is 0. The summed E-state index contributed by atoms with van der Waals surface area (Å²) in [6, 6.07) is 5.30. The van der Waals surface area contributed by atoms with E-state index < -0.39 is 11.6 Å². The summed E-state index contributed by atoms with van der Waals surface area (Å²) in [5.41, 5.74) is 7.48. The van der Waals surface area contributed by atoms with Gasteiger partial charge in [0.05, 0.1) is 0 Å². The number of rotatable bonds is 3. The lowest BCUT2D eigenvalue weighted by Gasteiger charge is -2.22. The maximum atomic E-state index is 12.0. The molecule has 4 heteroatoms. The van der Waals surface area contributed by atoms with Crippen molar-refractivity contribution in [3.63, 3.8) is 0 Å². The smallest absolute Gasteiger partial charge is 0.328 e. The van der Waals surface area contributed by atoms with E-state index in [9.17, 15) is 4.79 Å². The molecule has 0 amide bonds. The lowest BCUT2D eigenvalue weighted by Crippen LogP contribution is -2.31. The van der Waals surface area contributed by atoms with Gasteiger partial charge in [0.15, 0.2) is 0 Å². The van der Waals surface area contributed by atoms with E-state index in [1.54, 1.807) is 0 Å². The highest BCUT2D eigenvalue weighted by molar-refractivity contribution is 14.1. The number of benzene rings is 1. The first-order valence-corrected chi connectivity index (χ1v) is 7.47. The summed E-state index contributed by atoms with van der Waals surface area (Å²) in [6.07, 6.45) is 0. The van der Waals surface area contributed by atoms with Crippen molar-refractivity contribution in [2.45, 2.75) is 52.2 Å². The van der Waals surface area contributed by atoms with Crippen molar-refractivity contribution < 1.29 is 9.53 Å². The summed E-state index contributed by atoms with van der Waals surface area (Å²) in [4.78, 5) is 12.0. The molecule has 1 unspecified atom stereocenters. The molecule has 19 heavy (non-hydrogen) atoms. The second-order valence-electron chi connectivity index (χ2n) is 5.98. The SMILES string of the molecule is CC(C)c1cc(I)cc(C(N)C(=O)OC(C)(C)C)c1. The monoisotopic (exact) mass is 375 g/mol. The number of nitrogens with two attached hydrogens (primary N) is 1.